The second-order valence-electron chi connectivity index (χ2n) is 5.18. The first kappa shape index (κ1) is 14.0. The predicted octanol–water partition coefficient (Wildman–Crippen LogP) is 3.60. The first-order valence-electron chi connectivity index (χ1n) is 7.07. The number of rotatable bonds is 3. The van der Waals surface area contributed by atoms with E-state index in [0.29, 0.717) is 5.56 Å². The minimum atomic E-state index is -0.825. The molecule has 1 unspecified atom stereocenters. The second kappa shape index (κ2) is 5.82. The Hall–Kier alpha value is -1.94. The molecule has 0 aromatic heterocycles. The SMILES string of the molecule is CNC(c1ccc2c(c1)CCCO2)c1cccc(F)c1F. The van der Waals surface area contributed by atoms with Crippen molar-refractivity contribution in [1.82, 2.24) is 5.32 Å². The molecule has 2 aromatic rings. The lowest BCUT2D eigenvalue weighted by Gasteiger charge is -2.22. The molecule has 1 N–H and O–H groups in total. The van der Waals surface area contributed by atoms with E-state index in [1.807, 2.05) is 18.2 Å². The van der Waals surface area contributed by atoms with Crippen molar-refractivity contribution >= 4 is 0 Å². The molecular weight excluding hydrogens is 272 g/mol. The molecule has 1 aliphatic rings. The van der Waals surface area contributed by atoms with Gasteiger partial charge in [-0.25, -0.2) is 8.78 Å². The summed E-state index contributed by atoms with van der Waals surface area (Å²) in [5.74, 6) is -0.737. The van der Waals surface area contributed by atoms with Gasteiger partial charge in [0.1, 0.15) is 5.75 Å². The zero-order valence-electron chi connectivity index (χ0n) is 11.8. The van der Waals surface area contributed by atoms with Gasteiger partial charge in [0.15, 0.2) is 11.6 Å². The van der Waals surface area contributed by atoms with Crippen molar-refractivity contribution < 1.29 is 13.5 Å². The Morgan fingerprint density at radius 2 is 2.05 bits per heavy atom. The highest BCUT2D eigenvalue weighted by Crippen LogP contribution is 2.31. The summed E-state index contributed by atoms with van der Waals surface area (Å²) >= 11 is 0. The van der Waals surface area contributed by atoms with Crippen LogP contribution in [0, 0.1) is 11.6 Å². The Bertz CT molecular complexity index is 657. The molecule has 2 nitrogen and oxygen atoms in total. The third-order valence-corrected chi connectivity index (χ3v) is 3.85. The van der Waals surface area contributed by atoms with Gasteiger partial charge in [-0.15, -0.1) is 0 Å². The Kier molecular flexibility index (Phi) is 3.88. The molecule has 1 aliphatic heterocycles. The first-order chi connectivity index (χ1) is 10.2. The van der Waals surface area contributed by atoms with E-state index in [9.17, 15) is 8.78 Å². The largest absolute Gasteiger partial charge is 0.493 e. The van der Waals surface area contributed by atoms with Crippen LogP contribution in [-0.4, -0.2) is 13.7 Å². The second-order valence-corrected chi connectivity index (χ2v) is 5.18. The third-order valence-electron chi connectivity index (χ3n) is 3.85. The fourth-order valence-corrected chi connectivity index (χ4v) is 2.81. The maximum atomic E-state index is 14.0. The summed E-state index contributed by atoms with van der Waals surface area (Å²) in [6.07, 6.45) is 1.93. The normalized spacial score (nSPS) is 15.2. The first-order valence-corrected chi connectivity index (χ1v) is 7.07. The number of halogens is 2. The molecule has 0 aliphatic carbocycles. The van der Waals surface area contributed by atoms with Crippen LogP contribution in [-0.2, 0) is 6.42 Å². The van der Waals surface area contributed by atoms with E-state index in [2.05, 4.69) is 5.32 Å². The average molecular weight is 289 g/mol. The molecule has 3 rings (SSSR count). The maximum absolute atomic E-state index is 14.0. The molecule has 0 radical (unpaired) electrons. The van der Waals surface area contributed by atoms with Gasteiger partial charge in [0, 0.05) is 5.56 Å². The molecule has 0 amide bonds. The summed E-state index contributed by atoms with van der Waals surface area (Å²) in [7, 11) is 1.74. The summed E-state index contributed by atoms with van der Waals surface area (Å²) in [6, 6.07) is 9.70. The van der Waals surface area contributed by atoms with Gasteiger partial charge in [0.2, 0.25) is 0 Å². The Balaban J connectivity index is 2.02. The molecule has 0 bridgehead atoms. The number of ether oxygens (including phenoxy) is 1. The minimum absolute atomic E-state index is 0.314. The van der Waals surface area contributed by atoms with Crippen LogP contribution < -0.4 is 10.1 Å². The molecule has 4 heteroatoms. The van der Waals surface area contributed by atoms with Crippen LogP contribution in [0.15, 0.2) is 36.4 Å². The standard InChI is InChI=1S/C17H17F2NO/c1-20-17(13-5-2-6-14(18)16(13)19)12-7-8-15-11(10-12)4-3-9-21-15/h2,5-8,10,17,20H,3-4,9H2,1H3. The highest BCUT2D eigenvalue weighted by atomic mass is 19.2. The number of aryl methyl sites for hydroxylation is 1. The quantitative estimate of drug-likeness (QED) is 0.932. The zero-order valence-corrected chi connectivity index (χ0v) is 11.8. The molecule has 1 heterocycles. The topological polar surface area (TPSA) is 21.3 Å². The molecule has 110 valence electrons. The van der Waals surface area contributed by atoms with E-state index in [1.54, 1.807) is 13.1 Å². The van der Waals surface area contributed by atoms with Crippen molar-refractivity contribution in [1.29, 1.82) is 0 Å². The Morgan fingerprint density at radius 3 is 2.86 bits per heavy atom. The number of hydrogen-bond donors (Lipinski definition) is 1. The summed E-state index contributed by atoms with van der Waals surface area (Å²) < 4.78 is 33.1. The van der Waals surface area contributed by atoms with Gasteiger partial charge in [-0.05, 0) is 43.1 Å². The van der Waals surface area contributed by atoms with Gasteiger partial charge in [0.25, 0.3) is 0 Å². The zero-order chi connectivity index (χ0) is 14.8. The molecule has 0 fully saturated rings. The molecular formula is C17H17F2NO. The van der Waals surface area contributed by atoms with Crippen molar-refractivity contribution in [3.63, 3.8) is 0 Å². The number of hydrogen-bond acceptors (Lipinski definition) is 2. The maximum Gasteiger partial charge on any atom is 0.163 e. The highest BCUT2D eigenvalue weighted by molar-refractivity contribution is 5.42. The van der Waals surface area contributed by atoms with Crippen molar-refractivity contribution in [2.75, 3.05) is 13.7 Å². The molecule has 0 spiro atoms. The van der Waals surface area contributed by atoms with Crippen LogP contribution in [0.5, 0.6) is 5.75 Å². The summed E-state index contributed by atoms with van der Waals surface area (Å²) in [5.41, 5.74) is 2.34. The van der Waals surface area contributed by atoms with Crippen LogP contribution in [0.25, 0.3) is 0 Å². The minimum Gasteiger partial charge on any atom is -0.493 e. The third kappa shape index (κ3) is 2.63. The van der Waals surface area contributed by atoms with Gasteiger partial charge in [-0.1, -0.05) is 24.3 Å². The van der Waals surface area contributed by atoms with E-state index in [0.717, 1.165) is 42.4 Å². The van der Waals surface area contributed by atoms with E-state index in [1.165, 1.54) is 6.07 Å². The van der Waals surface area contributed by atoms with Crippen LogP contribution in [0.2, 0.25) is 0 Å². The van der Waals surface area contributed by atoms with Crippen LogP contribution in [0.3, 0.4) is 0 Å². The fraction of sp³-hybridized carbons (Fsp3) is 0.294. The summed E-state index contributed by atoms with van der Waals surface area (Å²) in [5, 5.41) is 3.06. The number of benzene rings is 2. The van der Waals surface area contributed by atoms with E-state index < -0.39 is 11.6 Å². The van der Waals surface area contributed by atoms with Crippen LogP contribution in [0.1, 0.15) is 29.2 Å². The van der Waals surface area contributed by atoms with Gasteiger partial charge < -0.3 is 10.1 Å². The highest BCUT2D eigenvalue weighted by Gasteiger charge is 2.20. The van der Waals surface area contributed by atoms with E-state index >= 15 is 0 Å². The van der Waals surface area contributed by atoms with Crippen LogP contribution in [0.4, 0.5) is 8.78 Å². The molecule has 0 saturated heterocycles. The van der Waals surface area contributed by atoms with Gasteiger partial charge in [0.05, 0.1) is 12.6 Å². The van der Waals surface area contributed by atoms with Crippen LogP contribution >= 0.6 is 0 Å². The number of fused-ring (bicyclic) bond motifs is 1. The Morgan fingerprint density at radius 1 is 1.19 bits per heavy atom. The van der Waals surface area contributed by atoms with Crippen molar-refractivity contribution in [2.45, 2.75) is 18.9 Å². The molecule has 1 atom stereocenters. The van der Waals surface area contributed by atoms with Crippen molar-refractivity contribution in [3.8, 4) is 5.75 Å². The lowest BCUT2D eigenvalue weighted by molar-refractivity contribution is 0.288. The fourth-order valence-electron chi connectivity index (χ4n) is 2.81. The van der Waals surface area contributed by atoms with E-state index in [-0.39, 0.29) is 6.04 Å². The van der Waals surface area contributed by atoms with Crippen molar-refractivity contribution in [3.05, 3.63) is 64.7 Å². The summed E-state index contributed by atoms with van der Waals surface area (Å²) in [6.45, 7) is 0.736. The van der Waals surface area contributed by atoms with Gasteiger partial charge in [-0.2, -0.15) is 0 Å². The monoisotopic (exact) mass is 289 g/mol. The predicted molar refractivity (Wildman–Crippen MR) is 77.5 cm³/mol. The average Bonchev–Trinajstić information content (AvgIpc) is 2.52. The lowest BCUT2D eigenvalue weighted by atomic mass is 9.94. The summed E-state index contributed by atoms with van der Waals surface area (Å²) in [4.78, 5) is 0. The smallest absolute Gasteiger partial charge is 0.163 e. The Labute approximate surface area is 122 Å². The van der Waals surface area contributed by atoms with E-state index in [4.69, 9.17) is 4.74 Å². The van der Waals surface area contributed by atoms with Crippen molar-refractivity contribution in [2.24, 2.45) is 0 Å². The molecule has 2 aromatic carbocycles. The number of nitrogens with one attached hydrogen (secondary N) is 1. The molecule has 21 heavy (non-hydrogen) atoms. The molecule has 0 saturated carbocycles. The lowest BCUT2D eigenvalue weighted by Crippen LogP contribution is -2.20. The van der Waals surface area contributed by atoms with Gasteiger partial charge in [-0.3, -0.25) is 0 Å². The van der Waals surface area contributed by atoms with Gasteiger partial charge >= 0.3 is 0 Å².